The number of benzene rings is 2. The number of anilines is 1. The Hall–Kier alpha value is -2.76. The highest BCUT2D eigenvalue weighted by Gasteiger charge is 2.20. The largest absolute Gasteiger partial charge is 0.488 e. The quantitative estimate of drug-likeness (QED) is 0.862. The summed E-state index contributed by atoms with van der Waals surface area (Å²) in [5.41, 5.74) is 0.538. The molecule has 3 nitrogen and oxygen atoms in total. The SMILES string of the molecule is O=C(Nc1ccc(F)c(F)c1F)C1=Cc2ccccc2OC1. The molecule has 0 spiro atoms. The summed E-state index contributed by atoms with van der Waals surface area (Å²) in [6.45, 7) is 0.00808. The van der Waals surface area contributed by atoms with Crippen LogP contribution in [0.5, 0.6) is 5.75 Å². The van der Waals surface area contributed by atoms with Gasteiger partial charge in [0, 0.05) is 5.56 Å². The zero-order valence-electron chi connectivity index (χ0n) is 11.2. The Kier molecular flexibility index (Phi) is 3.58. The van der Waals surface area contributed by atoms with Gasteiger partial charge in [-0.25, -0.2) is 13.2 Å². The first-order chi connectivity index (χ1) is 10.6. The molecule has 2 aromatic rings. The number of nitrogens with one attached hydrogen (secondary N) is 1. The van der Waals surface area contributed by atoms with Crippen LogP contribution in [0, 0.1) is 17.5 Å². The highest BCUT2D eigenvalue weighted by atomic mass is 19.2. The van der Waals surface area contributed by atoms with Crippen LogP contribution in [0.4, 0.5) is 18.9 Å². The van der Waals surface area contributed by atoms with Gasteiger partial charge in [0.2, 0.25) is 0 Å². The number of carbonyl (C=O) groups excluding carboxylic acids is 1. The van der Waals surface area contributed by atoms with Gasteiger partial charge < -0.3 is 10.1 Å². The molecule has 1 aliphatic heterocycles. The smallest absolute Gasteiger partial charge is 0.255 e. The minimum absolute atomic E-state index is 0.00808. The summed E-state index contributed by atoms with van der Waals surface area (Å²) in [6.07, 6.45) is 1.60. The second kappa shape index (κ2) is 5.55. The minimum Gasteiger partial charge on any atom is -0.488 e. The Morgan fingerprint density at radius 1 is 1.05 bits per heavy atom. The van der Waals surface area contributed by atoms with Crippen molar-refractivity contribution in [2.75, 3.05) is 11.9 Å². The summed E-state index contributed by atoms with van der Waals surface area (Å²) < 4.78 is 45.0. The maximum absolute atomic E-state index is 13.5. The second-order valence-corrected chi connectivity index (χ2v) is 4.67. The Morgan fingerprint density at radius 3 is 2.64 bits per heavy atom. The van der Waals surface area contributed by atoms with Gasteiger partial charge in [-0.2, -0.15) is 0 Å². The molecular weight excluding hydrogens is 295 g/mol. The molecular formula is C16H10F3NO2. The Balaban J connectivity index is 1.85. The van der Waals surface area contributed by atoms with Crippen molar-refractivity contribution in [3.8, 4) is 5.75 Å². The second-order valence-electron chi connectivity index (χ2n) is 4.67. The highest BCUT2D eigenvalue weighted by molar-refractivity contribution is 6.07. The van der Waals surface area contributed by atoms with Gasteiger partial charge in [-0.3, -0.25) is 4.79 Å². The van der Waals surface area contributed by atoms with Crippen LogP contribution in [-0.4, -0.2) is 12.5 Å². The van der Waals surface area contributed by atoms with Crippen LogP contribution in [0.2, 0.25) is 0 Å². The third-order valence-corrected chi connectivity index (χ3v) is 3.21. The number of hydrogen-bond acceptors (Lipinski definition) is 2. The maximum atomic E-state index is 13.5. The molecule has 0 unspecified atom stereocenters. The molecule has 0 radical (unpaired) electrons. The average Bonchev–Trinajstić information content (AvgIpc) is 2.55. The van der Waals surface area contributed by atoms with Gasteiger partial charge in [0.05, 0.1) is 11.3 Å². The van der Waals surface area contributed by atoms with Crippen molar-refractivity contribution < 1.29 is 22.7 Å². The zero-order valence-corrected chi connectivity index (χ0v) is 11.2. The molecule has 1 aliphatic rings. The van der Waals surface area contributed by atoms with Crippen LogP contribution in [-0.2, 0) is 4.79 Å². The molecule has 0 saturated heterocycles. The van der Waals surface area contributed by atoms with Crippen LogP contribution in [0.1, 0.15) is 5.56 Å². The molecule has 2 aromatic carbocycles. The maximum Gasteiger partial charge on any atom is 0.255 e. The molecule has 0 bridgehead atoms. The van der Waals surface area contributed by atoms with Crippen molar-refractivity contribution in [3.63, 3.8) is 0 Å². The molecule has 112 valence electrons. The summed E-state index contributed by atoms with van der Waals surface area (Å²) in [4.78, 5) is 12.1. The van der Waals surface area contributed by atoms with Gasteiger partial charge in [-0.1, -0.05) is 18.2 Å². The third-order valence-electron chi connectivity index (χ3n) is 3.21. The van der Waals surface area contributed by atoms with E-state index in [0.717, 1.165) is 12.1 Å². The standard InChI is InChI=1S/C16H10F3NO2/c17-11-5-6-12(15(19)14(11)18)20-16(21)10-7-9-3-1-2-4-13(9)22-8-10/h1-7H,8H2,(H,20,21). The predicted octanol–water partition coefficient (Wildman–Crippen LogP) is 3.52. The Labute approximate surface area is 124 Å². The fraction of sp³-hybridized carbons (Fsp3) is 0.0625. The predicted molar refractivity (Wildman–Crippen MR) is 74.9 cm³/mol. The van der Waals surface area contributed by atoms with E-state index in [1.54, 1.807) is 30.3 Å². The third kappa shape index (κ3) is 2.55. The van der Waals surface area contributed by atoms with E-state index < -0.39 is 29.0 Å². The van der Waals surface area contributed by atoms with E-state index in [1.807, 2.05) is 0 Å². The number of fused-ring (bicyclic) bond motifs is 1. The number of hydrogen-bond donors (Lipinski definition) is 1. The molecule has 6 heteroatoms. The molecule has 3 rings (SSSR count). The summed E-state index contributed by atoms with van der Waals surface area (Å²) in [5, 5.41) is 2.21. The zero-order chi connectivity index (χ0) is 15.7. The first kappa shape index (κ1) is 14.2. The number of halogens is 3. The molecule has 0 atom stereocenters. The summed E-state index contributed by atoms with van der Waals surface area (Å²) in [5.74, 6) is -4.38. The van der Waals surface area contributed by atoms with Crippen molar-refractivity contribution in [3.05, 3.63) is 65.0 Å². The topological polar surface area (TPSA) is 38.3 Å². The van der Waals surface area contributed by atoms with E-state index in [0.29, 0.717) is 11.3 Å². The number of para-hydroxylation sites is 1. The monoisotopic (exact) mass is 305 g/mol. The number of ether oxygens (including phenoxy) is 1. The highest BCUT2D eigenvalue weighted by Crippen LogP contribution is 2.27. The Morgan fingerprint density at radius 2 is 1.82 bits per heavy atom. The normalized spacial score (nSPS) is 13.0. The molecule has 0 aliphatic carbocycles. The van der Waals surface area contributed by atoms with Crippen molar-refractivity contribution in [2.24, 2.45) is 0 Å². The lowest BCUT2D eigenvalue weighted by atomic mass is 10.1. The molecule has 1 amide bonds. The molecule has 1 N–H and O–H groups in total. The van der Waals surface area contributed by atoms with Crippen LogP contribution in [0.25, 0.3) is 6.08 Å². The fourth-order valence-corrected chi connectivity index (χ4v) is 2.07. The van der Waals surface area contributed by atoms with Crippen molar-refractivity contribution in [2.45, 2.75) is 0 Å². The van der Waals surface area contributed by atoms with E-state index in [2.05, 4.69) is 5.32 Å². The Bertz CT molecular complexity index is 787. The summed E-state index contributed by atoms with van der Waals surface area (Å²) in [7, 11) is 0. The first-order valence-electron chi connectivity index (χ1n) is 6.43. The van der Waals surface area contributed by atoms with Crippen molar-refractivity contribution in [1.29, 1.82) is 0 Å². The average molecular weight is 305 g/mol. The molecule has 22 heavy (non-hydrogen) atoms. The lowest BCUT2D eigenvalue weighted by molar-refractivity contribution is -0.113. The van der Waals surface area contributed by atoms with Gasteiger partial charge in [-0.15, -0.1) is 0 Å². The van der Waals surface area contributed by atoms with Gasteiger partial charge in [-0.05, 0) is 24.3 Å². The number of amides is 1. The van der Waals surface area contributed by atoms with E-state index in [1.165, 1.54) is 0 Å². The van der Waals surface area contributed by atoms with Crippen LogP contribution in [0.3, 0.4) is 0 Å². The van der Waals surface area contributed by atoms with Gasteiger partial charge in [0.1, 0.15) is 12.4 Å². The lowest BCUT2D eigenvalue weighted by Gasteiger charge is -2.17. The van der Waals surface area contributed by atoms with Crippen LogP contribution in [0.15, 0.2) is 42.0 Å². The fourth-order valence-electron chi connectivity index (χ4n) is 2.07. The summed E-state index contributed by atoms with van der Waals surface area (Å²) >= 11 is 0. The number of rotatable bonds is 2. The first-order valence-corrected chi connectivity index (χ1v) is 6.43. The van der Waals surface area contributed by atoms with E-state index in [4.69, 9.17) is 4.74 Å². The van der Waals surface area contributed by atoms with Crippen LogP contribution >= 0.6 is 0 Å². The van der Waals surface area contributed by atoms with E-state index >= 15 is 0 Å². The van der Waals surface area contributed by atoms with Gasteiger partial charge in [0.15, 0.2) is 17.5 Å². The molecule has 0 aromatic heterocycles. The van der Waals surface area contributed by atoms with Crippen molar-refractivity contribution in [1.82, 2.24) is 0 Å². The van der Waals surface area contributed by atoms with E-state index in [-0.39, 0.29) is 12.2 Å². The van der Waals surface area contributed by atoms with Crippen LogP contribution < -0.4 is 10.1 Å². The minimum atomic E-state index is -1.63. The summed E-state index contributed by atoms with van der Waals surface area (Å²) in [6, 6.07) is 8.82. The molecule has 0 fully saturated rings. The van der Waals surface area contributed by atoms with Gasteiger partial charge in [0.25, 0.3) is 5.91 Å². The molecule has 0 saturated carbocycles. The molecule has 1 heterocycles. The van der Waals surface area contributed by atoms with Crippen molar-refractivity contribution >= 4 is 17.7 Å². The van der Waals surface area contributed by atoms with E-state index in [9.17, 15) is 18.0 Å². The number of carbonyl (C=O) groups is 1. The lowest BCUT2D eigenvalue weighted by Crippen LogP contribution is -2.22. The van der Waals surface area contributed by atoms with Gasteiger partial charge >= 0.3 is 0 Å².